The minimum Gasteiger partial charge on any atom is -0.481 e. The highest BCUT2D eigenvalue weighted by atomic mass is 35.5. The van der Waals surface area contributed by atoms with Crippen LogP contribution in [0.25, 0.3) is 11.4 Å². The van der Waals surface area contributed by atoms with Gasteiger partial charge >= 0.3 is 0 Å². The lowest BCUT2D eigenvalue weighted by molar-refractivity contribution is -0.127. The quantitative estimate of drug-likeness (QED) is 0.595. The summed E-state index contributed by atoms with van der Waals surface area (Å²) in [5.41, 5.74) is 2.89. The minimum atomic E-state index is -0.662. The van der Waals surface area contributed by atoms with E-state index in [4.69, 9.17) is 20.9 Å². The molecule has 0 radical (unpaired) electrons. The van der Waals surface area contributed by atoms with Gasteiger partial charge in [0.2, 0.25) is 11.7 Å². The zero-order chi connectivity index (χ0) is 21.0. The molecule has 0 aliphatic carbocycles. The van der Waals surface area contributed by atoms with Gasteiger partial charge in [0.05, 0.1) is 6.54 Å². The lowest BCUT2D eigenvalue weighted by Crippen LogP contribution is -2.36. The number of hydrogen-bond acceptors (Lipinski definition) is 5. The van der Waals surface area contributed by atoms with Crippen molar-refractivity contribution in [2.24, 2.45) is 0 Å². The summed E-state index contributed by atoms with van der Waals surface area (Å²) in [6.45, 7) is 8.01. The van der Waals surface area contributed by atoms with Crippen LogP contribution in [-0.4, -0.2) is 22.2 Å². The highest BCUT2D eigenvalue weighted by molar-refractivity contribution is 6.30. The van der Waals surface area contributed by atoms with E-state index in [1.165, 1.54) is 0 Å². The van der Waals surface area contributed by atoms with Crippen LogP contribution in [0.15, 0.2) is 47.0 Å². The van der Waals surface area contributed by atoms with E-state index in [-0.39, 0.29) is 12.5 Å². The predicted molar refractivity (Wildman–Crippen MR) is 112 cm³/mol. The van der Waals surface area contributed by atoms with Crippen LogP contribution in [0.5, 0.6) is 5.75 Å². The predicted octanol–water partition coefficient (Wildman–Crippen LogP) is 4.91. The average molecular weight is 414 g/mol. The zero-order valence-corrected chi connectivity index (χ0v) is 17.7. The molecule has 6 nitrogen and oxygen atoms in total. The number of carbonyl (C=O) groups is 1. The number of hydrogen-bond donors (Lipinski definition) is 1. The molecule has 0 bridgehead atoms. The number of halogens is 1. The van der Waals surface area contributed by atoms with Gasteiger partial charge in [-0.25, -0.2) is 0 Å². The van der Waals surface area contributed by atoms with Crippen molar-refractivity contribution in [2.45, 2.75) is 46.3 Å². The van der Waals surface area contributed by atoms with Crippen LogP contribution >= 0.6 is 11.6 Å². The number of carbonyl (C=O) groups excluding carboxylic acids is 1. The largest absolute Gasteiger partial charge is 0.481 e. The summed E-state index contributed by atoms with van der Waals surface area (Å²) in [4.78, 5) is 16.8. The van der Waals surface area contributed by atoms with Crippen molar-refractivity contribution in [3.63, 3.8) is 0 Å². The molecule has 0 saturated heterocycles. The highest BCUT2D eigenvalue weighted by Crippen LogP contribution is 2.28. The highest BCUT2D eigenvalue weighted by Gasteiger charge is 2.18. The molecular formula is C22H24ClN3O3. The van der Waals surface area contributed by atoms with Crippen LogP contribution in [0.2, 0.25) is 5.02 Å². The Bertz CT molecular complexity index is 1000. The van der Waals surface area contributed by atoms with Crippen molar-refractivity contribution < 1.29 is 14.1 Å². The fourth-order valence-electron chi connectivity index (χ4n) is 2.84. The normalized spacial score (nSPS) is 12.1. The van der Waals surface area contributed by atoms with E-state index in [1.807, 2.05) is 37.3 Å². The van der Waals surface area contributed by atoms with E-state index in [9.17, 15) is 4.79 Å². The Morgan fingerprint density at radius 1 is 1.21 bits per heavy atom. The Hall–Kier alpha value is -2.86. The number of aryl methyl sites for hydroxylation is 1. The van der Waals surface area contributed by atoms with Gasteiger partial charge in [-0.15, -0.1) is 0 Å². The van der Waals surface area contributed by atoms with Gasteiger partial charge in [-0.1, -0.05) is 54.9 Å². The molecule has 0 aliphatic heterocycles. The van der Waals surface area contributed by atoms with Crippen molar-refractivity contribution in [3.05, 3.63) is 64.5 Å². The first-order chi connectivity index (χ1) is 13.8. The second-order valence-corrected chi connectivity index (χ2v) is 7.63. The maximum atomic E-state index is 12.5. The van der Waals surface area contributed by atoms with Gasteiger partial charge in [-0.2, -0.15) is 4.98 Å². The van der Waals surface area contributed by atoms with E-state index >= 15 is 0 Å². The van der Waals surface area contributed by atoms with Gasteiger partial charge in [0.25, 0.3) is 5.91 Å². The topological polar surface area (TPSA) is 77.2 Å². The molecule has 1 N–H and O–H groups in total. The summed E-state index contributed by atoms with van der Waals surface area (Å²) in [6.07, 6.45) is -0.662. The number of nitrogens with one attached hydrogen (secondary N) is 1. The summed E-state index contributed by atoms with van der Waals surface area (Å²) >= 11 is 5.99. The molecule has 0 unspecified atom stereocenters. The molecule has 152 valence electrons. The first kappa shape index (κ1) is 20.9. The van der Waals surface area contributed by atoms with Crippen molar-refractivity contribution >= 4 is 17.5 Å². The number of benzene rings is 2. The van der Waals surface area contributed by atoms with Crippen LogP contribution < -0.4 is 10.1 Å². The fraction of sp³-hybridized carbons (Fsp3) is 0.318. The third-order valence-electron chi connectivity index (χ3n) is 4.43. The summed E-state index contributed by atoms with van der Waals surface area (Å²) in [7, 11) is 0. The zero-order valence-electron chi connectivity index (χ0n) is 16.9. The monoisotopic (exact) mass is 413 g/mol. The van der Waals surface area contributed by atoms with Crippen LogP contribution in [0.1, 0.15) is 43.7 Å². The van der Waals surface area contributed by atoms with Gasteiger partial charge in [-0.3, -0.25) is 4.79 Å². The summed E-state index contributed by atoms with van der Waals surface area (Å²) in [5, 5.41) is 7.29. The van der Waals surface area contributed by atoms with Crippen molar-refractivity contribution in [1.29, 1.82) is 0 Å². The van der Waals surface area contributed by atoms with E-state index in [1.54, 1.807) is 19.1 Å². The molecule has 0 aliphatic rings. The second-order valence-electron chi connectivity index (χ2n) is 7.20. The van der Waals surface area contributed by atoms with E-state index < -0.39 is 6.10 Å². The molecule has 1 amide bonds. The Kier molecular flexibility index (Phi) is 6.54. The van der Waals surface area contributed by atoms with E-state index in [2.05, 4.69) is 29.3 Å². The molecule has 1 atom stereocenters. The Balaban J connectivity index is 1.61. The number of aromatic nitrogens is 2. The molecule has 3 aromatic rings. The van der Waals surface area contributed by atoms with Gasteiger partial charge in [0.15, 0.2) is 6.10 Å². The third-order valence-corrected chi connectivity index (χ3v) is 4.66. The van der Waals surface area contributed by atoms with Gasteiger partial charge < -0.3 is 14.6 Å². The van der Waals surface area contributed by atoms with Crippen molar-refractivity contribution in [3.8, 4) is 17.1 Å². The second kappa shape index (κ2) is 9.09. The molecule has 0 saturated carbocycles. The Morgan fingerprint density at radius 2 is 2.00 bits per heavy atom. The lowest BCUT2D eigenvalue weighted by atomic mass is 10.0. The average Bonchev–Trinajstić information content (AvgIpc) is 3.15. The summed E-state index contributed by atoms with van der Waals surface area (Å²) in [5.74, 6) is 1.48. The van der Waals surface area contributed by atoms with E-state index in [0.29, 0.717) is 22.7 Å². The number of ether oxygens (including phenoxy) is 1. The Morgan fingerprint density at radius 3 is 2.72 bits per heavy atom. The number of nitrogens with zero attached hydrogens (tertiary/aromatic N) is 2. The molecule has 1 aromatic heterocycles. The fourth-order valence-corrected chi connectivity index (χ4v) is 3.03. The first-order valence-corrected chi connectivity index (χ1v) is 9.84. The first-order valence-electron chi connectivity index (χ1n) is 9.47. The Labute approximate surface area is 175 Å². The number of rotatable bonds is 7. The molecule has 1 heterocycles. The molecule has 0 fully saturated rings. The molecule has 2 aromatic carbocycles. The minimum absolute atomic E-state index is 0.116. The van der Waals surface area contributed by atoms with Gasteiger partial charge in [-0.05, 0) is 49.1 Å². The lowest BCUT2D eigenvalue weighted by Gasteiger charge is -2.19. The van der Waals surface area contributed by atoms with Crippen LogP contribution in [0.4, 0.5) is 0 Å². The third kappa shape index (κ3) is 5.35. The smallest absolute Gasteiger partial charge is 0.261 e. The summed E-state index contributed by atoms with van der Waals surface area (Å²) in [6, 6.07) is 13.2. The summed E-state index contributed by atoms with van der Waals surface area (Å²) < 4.78 is 11.1. The van der Waals surface area contributed by atoms with Crippen LogP contribution in [-0.2, 0) is 11.3 Å². The van der Waals surface area contributed by atoms with Crippen LogP contribution in [0.3, 0.4) is 0 Å². The van der Waals surface area contributed by atoms with Crippen molar-refractivity contribution in [1.82, 2.24) is 15.5 Å². The molecule has 0 spiro atoms. The SMILES string of the molecule is Cc1ccc(C(C)C)c(O[C@H](C)C(=O)NCc2nc(-c3cccc(Cl)c3)no2)c1. The van der Waals surface area contributed by atoms with Gasteiger partial charge in [0.1, 0.15) is 5.75 Å². The maximum absolute atomic E-state index is 12.5. The van der Waals surface area contributed by atoms with Gasteiger partial charge in [0, 0.05) is 10.6 Å². The standard InChI is InChI=1S/C22H24ClN3O3/c1-13(2)18-9-8-14(3)10-19(18)28-15(4)22(27)24-12-20-25-21(26-29-20)16-6-5-7-17(23)11-16/h5-11,13,15H,12H2,1-4H3,(H,24,27)/t15-/m1/s1. The molecule has 29 heavy (non-hydrogen) atoms. The van der Waals surface area contributed by atoms with Crippen LogP contribution in [0, 0.1) is 6.92 Å². The maximum Gasteiger partial charge on any atom is 0.261 e. The number of amides is 1. The molecular weight excluding hydrogens is 390 g/mol. The molecule has 7 heteroatoms. The van der Waals surface area contributed by atoms with Crippen molar-refractivity contribution in [2.75, 3.05) is 0 Å². The molecule has 3 rings (SSSR count). The van der Waals surface area contributed by atoms with E-state index in [0.717, 1.165) is 22.4 Å².